The number of hydrogen-bond donors (Lipinski definition) is 0. The molecule has 88 valence electrons. The van der Waals surface area contributed by atoms with E-state index in [-0.39, 0.29) is 5.91 Å². The normalized spacial score (nSPS) is 16.2. The predicted molar refractivity (Wildman–Crippen MR) is 71.1 cm³/mol. The van der Waals surface area contributed by atoms with E-state index in [2.05, 4.69) is 36.4 Å². The Morgan fingerprint density at radius 2 is 1.56 bits per heavy atom. The monoisotopic (exact) mass is 235 g/mol. The van der Waals surface area contributed by atoms with E-state index >= 15 is 0 Å². The van der Waals surface area contributed by atoms with Crippen LogP contribution in [-0.4, -0.2) is 5.91 Å². The molecule has 1 amide bonds. The van der Waals surface area contributed by atoms with Gasteiger partial charge in [0.1, 0.15) is 0 Å². The van der Waals surface area contributed by atoms with Gasteiger partial charge in [0.05, 0.1) is 17.8 Å². The number of anilines is 2. The van der Waals surface area contributed by atoms with Gasteiger partial charge < -0.3 is 0 Å². The highest BCUT2D eigenvalue weighted by Gasteiger charge is 2.33. The predicted octanol–water partition coefficient (Wildman–Crippen LogP) is 3.01. The highest BCUT2D eigenvalue weighted by atomic mass is 16.2. The summed E-state index contributed by atoms with van der Waals surface area (Å²) in [4.78, 5) is 14.2. The number of aryl methyl sites for hydroxylation is 2. The maximum atomic E-state index is 12.3. The molecule has 0 atom stereocenters. The van der Waals surface area contributed by atoms with Crippen LogP contribution in [0.1, 0.15) is 16.7 Å². The average Bonchev–Trinajstić information content (AvgIpc) is 2.63. The van der Waals surface area contributed by atoms with E-state index < -0.39 is 0 Å². The molecule has 0 fully saturated rings. The Morgan fingerprint density at radius 3 is 2.50 bits per heavy atom. The van der Waals surface area contributed by atoms with Crippen molar-refractivity contribution < 1.29 is 4.79 Å². The smallest absolute Gasteiger partial charge is 0.236 e. The summed E-state index contributed by atoms with van der Waals surface area (Å²) in [6.45, 7) is 0. The van der Waals surface area contributed by atoms with Crippen LogP contribution in [0.5, 0.6) is 0 Å². The van der Waals surface area contributed by atoms with Crippen molar-refractivity contribution in [2.45, 2.75) is 19.3 Å². The third-order valence-electron chi connectivity index (χ3n) is 3.91. The molecule has 0 saturated heterocycles. The highest BCUT2D eigenvalue weighted by Crippen LogP contribution is 2.42. The second-order valence-electron chi connectivity index (χ2n) is 4.96. The lowest BCUT2D eigenvalue weighted by molar-refractivity contribution is -0.116. The van der Waals surface area contributed by atoms with Crippen molar-refractivity contribution in [3.05, 3.63) is 59.2 Å². The van der Waals surface area contributed by atoms with Gasteiger partial charge >= 0.3 is 0 Å². The number of para-hydroxylation sites is 2. The van der Waals surface area contributed by atoms with E-state index in [1.165, 1.54) is 16.7 Å². The van der Waals surface area contributed by atoms with E-state index in [0.717, 1.165) is 24.2 Å². The number of fused-ring (bicyclic) bond motifs is 2. The summed E-state index contributed by atoms with van der Waals surface area (Å²) < 4.78 is 0. The fraction of sp³-hybridized carbons (Fsp3) is 0.188. The molecule has 0 radical (unpaired) electrons. The van der Waals surface area contributed by atoms with Crippen LogP contribution < -0.4 is 4.90 Å². The third-order valence-corrected chi connectivity index (χ3v) is 3.91. The van der Waals surface area contributed by atoms with Crippen LogP contribution >= 0.6 is 0 Å². The molecule has 2 heterocycles. The molecule has 2 aliphatic rings. The van der Waals surface area contributed by atoms with Crippen molar-refractivity contribution in [2.24, 2.45) is 0 Å². The second kappa shape index (κ2) is 3.45. The molecular weight excluding hydrogens is 222 g/mol. The molecule has 2 aromatic rings. The summed E-state index contributed by atoms with van der Waals surface area (Å²) in [7, 11) is 0. The minimum absolute atomic E-state index is 0.201. The Morgan fingerprint density at radius 1 is 0.833 bits per heavy atom. The number of hydrogen-bond acceptors (Lipinski definition) is 1. The van der Waals surface area contributed by atoms with E-state index in [4.69, 9.17) is 0 Å². The molecule has 2 heteroatoms. The maximum absolute atomic E-state index is 12.3. The molecule has 0 saturated carbocycles. The zero-order chi connectivity index (χ0) is 12.1. The zero-order valence-corrected chi connectivity index (χ0v) is 10.0. The first-order chi connectivity index (χ1) is 8.84. The fourth-order valence-electron chi connectivity index (χ4n) is 3.11. The molecule has 4 rings (SSSR count). The van der Waals surface area contributed by atoms with Gasteiger partial charge in [-0.1, -0.05) is 36.4 Å². The molecule has 0 bridgehead atoms. The van der Waals surface area contributed by atoms with Gasteiger partial charge in [0.15, 0.2) is 0 Å². The van der Waals surface area contributed by atoms with Crippen molar-refractivity contribution in [1.29, 1.82) is 0 Å². The summed E-state index contributed by atoms with van der Waals surface area (Å²) in [5.41, 5.74) is 5.97. The number of rotatable bonds is 0. The lowest BCUT2D eigenvalue weighted by Crippen LogP contribution is -2.21. The molecule has 2 aromatic carbocycles. The lowest BCUT2D eigenvalue weighted by atomic mass is 10.0. The lowest BCUT2D eigenvalue weighted by Gasteiger charge is -2.19. The Labute approximate surface area is 106 Å². The summed E-state index contributed by atoms with van der Waals surface area (Å²) in [6, 6.07) is 14.5. The Bertz CT molecular complexity index is 660. The van der Waals surface area contributed by atoms with Crippen LogP contribution in [0.4, 0.5) is 11.4 Å². The second-order valence-corrected chi connectivity index (χ2v) is 4.96. The van der Waals surface area contributed by atoms with Gasteiger partial charge in [0, 0.05) is 0 Å². The first-order valence-electron chi connectivity index (χ1n) is 6.36. The molecule has 18 heavy (non-hydrogen) atoms. The van der Waals surface area contributed by atoms with E-state index in [9.17, 15) is 4.79 Å². The Kier molecular flexibility index (Phi) is 1.90. The molecular formula is C16H13NO. The summed E-state index contributed by atoms with van der Waals surface area (Å²) in [6.07, 6.45) is 2.57. The van der Waals surface area contributed by atoms with Crippen LogP contribution in [0.15, 0.2) is 42.5 Å². The number of carbonyl (C=O) groups excluding carboxylic acids is 1. The van der Waals surface area contributed by atoms with Crippen LogP contribution in [-0.2, 0) is 24.1 Å². The van der Waals surface area contributed by atoms with Gasteiger partial charge in [-0.2, -0.15) is 0 Å². The topological polar surface area (TPSA) is 20.3 Å². The zero-order valence-electron chi connectivity index (χ0n) is 10.0. The molecule has 0 unspecified atom stereocenters. The standard InChI is InChI=1S/C16H13NO/c18-15-10-13-6-3-5-12-9-8-11-4-1-2-7-14(11)17(15)16(12)13/h1-7H,8-10H2. The number of amides is 1. The molecule has 2 aliphatic heterocycles. The maximum Gasteiger partial charge on any atom is 0.236 e. The highest BCUT2D eigenvalue weighted by molar-refractivity contribution is 6.08. The summed E-state index contributed by atoms with van der Waals surface area (Å²) >= 11 is 0. The van der Waals surface area contributed by atoms with E-state index in [1.54, 1.807) is 0 Å². The van der Waals surface area contributed by atoms with Crippen molar-refractivity contribution in [3.63, 3.8) is 0 Å². The molecule has 0 spiro atoms. The molecule has 0 N–H and O–H groups in total. The SMILES string of the molecule is O=C1Cc2cccc3c2N1c1ccccc1CC3. The van der Waals surface area contributed by atoms with Crippen molar-refractivity contribution in [1.82, 2.24) is 0 Å². The van der Waals surface area contributed by atoms with E-state index in [0.29, 0.717) is 6.42 Å². The summed E-state index contributed by atoms with van der Waals surface area (Å²) in [5, 5.41) is 0. The molecule has 0 aromatic heterocycles. The third kappa shape index (κ3) is 1.20. The van der Waals surface area contributed by atoms with Crippen molar-refractivity contribution >= 4 is 17.3 Å². The van der Waals surface area contributed by atoms with Gasteiger partial charge in [-0.25, -0.2) is 0 Å². The minimum Gasteiger partial charge on any atom is -0.280 e. The molecule has 0 aliphatic carbocycles. The Balaban J connectivity index is 2.04. The van der Waals surface area contributed by atoms with Crippen LogP contribution in [0.3, 0.4) is 0 Å². The number of nitrogens with zero attached hydrogens (tertiary/aromatic N) is 1. The summed E-state index contributed by atoms with van der Waals surface area (Å²) in [5.74, 6) is 0.201. The Hall–Kier alpha value is -2.09. The fourth-order valence-corrected chi connectivity index (χ4v) is 3.11. The van der Waals surface area contributed by atoms with E-state index in [1.807, 2.05) is 11.0 Å². The van der Waals surface area contributed by atoms with Crippen molar-refractivity contribution in [3.8, 4) is 0 Å². The number of benzene rings is 2. The number of carbonyl (C=O) groups is 1. The van der Waals surface area contributed by atoms with Gasteiger partial charge in [-0.3, -0.25) is 9.69 Å². The largest absolute Gasteiger partial charge is 0.280 e. The van der Waals surface area contributed by atoms with Gasteiger partial charge in [0.2, 0.25) is 5.91 Å². The molecule has 2 nitrogen and oxygen atoms in total. The first-order valence-corrected chi connectivity index (χ1v) is 6.36. The van der Waals surface area contributed by atoms with Gasteiger partial charge in [0.25, 0.3) is 0 Å². The average molecular weight is 235 g/mol. The van der Waals surface area contributed by atoms with Gasteiger partial charge in [-0.05, 0) is 35.6 Å². The van der Waals surface area contributed by atoms with Crippen LogP contribution in [0, 0.1) is 0 Å². The van der Waals surface area contributed by atoms with Crippen molar-refractivity contribution in [2.75, 3.05) is 4.90 Å². The minimum atomic E-state index is 0.201. The van der Waals surface area contributed by atoms with Gasteiger partial charge in [-0.15, -0.1) is 0 Å². The van der Waals surface area contributed by atoms with Crippen LogP contribution in [0.25, 0.3) is 0 Å². The van der Waals surface area contributed by atoms with Crippen LogP contribution in [0.2, 0.25) is 0 Å². The quantitative estimate of drug-likeness (QED) is 0.687. The first kappa shape index (κ1) is 9.89.